The van der Waals surface area contributed by atoms with Crippen LogP contribution in [0.25, 0.3) is 0 Å². The topological polar surface area (TPSA) is 111 Å². The molecule has 0 unspecified atom stereocenters. The van der Waals surface area contributed by atoms with Gasteiger partial charge in [-0.1, -0.05) is 57.0 Å². The minimum atomic E-state index is -0.863. The van der Waals surface area contributed by atoms with Crippen LogP contribution in [-0.2, 0) is 16.1 Å². The molecule has 0 bridgehead atoms. The van der Waals surface area contributed by atoms with Gasteiger partial charge in [-0.15, -0.1) is 0 Å². The summed E-state index contributed by atoms with van der Waals surface area (Å²) in [5.74, 6) is 0.706. The maximum Gasteiger partial charge on any atom is 0.393 e. The summed E-state index contributed by atoms with van der Waals surface area (Å²) in [6, 6.07) is 9.47. The summed E-state index contributed by atoms with van der Waals surface area (Å²) in [7, 11) is 0. The van der Waals surface area contributed by atoms with E-state index in [1.54, 1.807) is 4.57 Å². The summed E-state index contributed by atoms with van der Waals surface area (Å²) in [5, 5.41) is 21.9. The highest BCUT2D eigenvalue weighted by Gasteiger charge is 2.56. The molecule has 1 aromatic carbocycles. The number of hydrogen-bond donors (Lipinski definition) is 3. The van der Waals surface area contributed by atoms with Gasteiger partial charge in [0.25, 0.3) is 5.88 Å². The van der Waals surface area contributed by atoms with E-state index in [-0.39, 0.29) is 12.6 Å². The molecule has 0 spiro atoms. The zero-order chi connectivity index (χ0) is 25.3. The lowest BCUT2D eigenvalue weighted by Crippen LogP contribution is -2.49. The van der Waals surface area contributed by atoms with E-state index < -0.39 is 23.7 Å². The van der Waals surface area contributed by atoms with Crippen molar-refractivity contribution in [3.05, 3.63) is 47.7 Å². The third kappa shape index (κ3) is 6.70. The quantitative estimate of drug-likeness (QED) is 0.277. The first-order valence-electron chi connectivity index (χ1n) is 12.8. The number of aromatic nitrogens is 2. The second-order valence-electron chi connectivity index (χ2n) is 9.60. The molecule has 0 saturated heterocycles. The number of nitrogens with two attached hydrogens (primary N) is 1. The third-order valence-electron chi connectivity index (χ3n) is 6.79. The smallest absolute Gasteiger partial charge is 0.393 e. The standard InChI is InChI=1S/C27H41N3O5/c1-4-6-13-33-19-27(18-31)15-22(23(32)24(27)34-14-7-5-2)30-16-20(3)25(29-26(30)28)35-17-21-11-9-8-10-12-21/h8-12,16,22-24,28,31-32H,4-7,13-15,17-19H2,1-3H3/p+1/t22-,23+,24+,27+/m1/s1. The molecule has 8 heteroatoms. The van der Waals surface area contributed by atoms with E-state index in [4.69, 9.17) is 19.9 Å². The molecule has 8 nitrogen and oxygen atoms in total. The van der Waals surface area contributed by atoms with Crippen LogP contribution in [0.3, 0.4) is 0 Å². The minimum Gasteiger partial charge on any atom is -0.461 e. The van der Waals surface area contributed by atoms with Crippen LogP contribution >= 0.6 is 0 Å². The summed E-state index contributed by atoms with van der Waals surface area (Å²) in [5.41, 5.74) is 7.49. The molecule has 35 heavy (non-hydrogen) atoms. The predicted molar refractivity (Wildman–Crippen MR) is 134 cm³/mol. The number of unbranched alkanes of at least 4 members (excludes halogenated alkanes) is 2. The van der Waals surface area contributed by atoms with Crippen LogP contribution in [0, 0.1) is 12.3 Å². The second-order valence-corrected chi connectivity index (χ2v) is 9.60. The van der Waals surface area contributed by atoms with Gasteiger partial charge < -0.3 is 24.4 Å². The van der Waals surface area contributed by atoms with Gasteiger partial charge >= 0.3 is 5.95 Å². The minimum absolute atomic E-state index is 0.144. The summed E-state index contributed by atoms with van der Waals surface area (Å²) < 4.78 is 19.8. The van der Waals surface area contributed by atoms with Gasteiger partial charge in [-0.2, -0.15) is 0 Å². The molecule has 0 amide bonds. The van der Waals surface area contributed by atoms with Crippen LogP contribution in [0.2, 0.25) is 0 Å². The van der Waals surface area contributed by atoms with Crippen LogP contribution in [0.15, 0.2) is 36.5 Å². The lowest BCUT2D eigenvalue weighted by Gasteiger charge is -2.33. The Morgan fingerprint density at radius 2 is 1.86 bits per heavy atom. The second kappa shape index (κ2) is 13.2. The number of ether oxygens (including phenoxy) is 3. The summed E-state index contributed by atoms with van der Waals surface area (Å²) in [6.07, 6.45) is 4.76. The molecule has 4 N–H and O–H groups in total. The third-order valence-corrected chi connectivity index (χ3v) is 6.79. The van der Waals surface area contributed by atoms with Crippen LogP contribution < -0.4 is 15.0 Å². The average molecular weight is 489 g/mol. The first kappa shape index (κ1) is 27.3. The van der Waals surface area contributed by atoms with Gasteiger partial charge in [-0.3, -0.25) is 5.73 Å². The van der Waals surface area contributed by atoms with E-state index in [0.717, 1.165) is 36.8 Å². The number of anilines is 1. The number of nitrogen functional groups attached to an aromatic ring is 1. The highest BCUT2D eigenvalue weighted by Crippen LogP contribution is 2.45. The molecular weight excluding hydrogens is 446 g/mol. The summed E-state index contributed by atoms with van der Waals surface area (Å²) in [4.78, 5) is 4.50. The van der Waals surface area contributed by atoms with Crippen molar-refractivity contribution in [3.63, 3.8) is 0 Å². The van der Waals surface area contributed by atoms with Crippen molar-refractivity contribution in [2.45, 2.75) is 77.7 Å². The lowest BCUT2D eigenvalue weighted by atomic mass is 9.85. The molecule has 0 aliphatic heterocycles. The average Bonchev–Trinajstić information content (AvgIpc) is 3.14. The van der Waals surface area contributed by atoms with Gasteiger partial charge in [0, 0.05) is 18.6 Å². The van der Waals surface area contributed by atoms with Crippen LogP contribution in [0.1, 0.15) is 63.1 Å². The number of aliphatic hydroxyl groups excluding tert-OH is 2. The van der Waals surface area contributed by atoms with E-state index in [1.807, 2.05) is 43.5 Å². The maximum atomic E-state index is 11.4. The van der Waals surface area contributed by atoms with E-state index in [0.29, 0.717) is 38.7 Å². The predicted octanol–water partition coefficient (Wildman–Crippen LogP) is 3.13. The van der Waals surface area contributed by atoms with E-state index in [1.165, 1.54) is 0 Å². The Labute approximate surface area is 209 Å². The summed E-state index contributed by atoms with van der Waals surface area (Å²) >= 11 is 0. The zero-order valence-corrected chi connectivity index (χ0v) is 21.4. The van der Waals surface area contributed by atoms with Gasteiger partial charge in [0.2, 0.25) is 0 Å². The van der Waals surface area contributed by atoms with Gasteiger partial charge in [-0.25, -0.2) is 4.57 Å². The molecule has 2 aromatic rings. The normalized spacial score (nSPS) is 24.1. The number of aryl methyl sites for hydroxylation is 1. The van der Waals surface area contributed by atoms with Crippen LogP contribution in [-0.4, -0.2) is 53.8 Å². The molecule has 1 saturated carbocycles. The Morgan fingerprint density at radius 3 is 2.54 bits per heavy atom. The Morgan fingerprint density at radius 1 is 1.14 bits per heavy atom. The fourth-order valence-corrected chi connectivity index (χ4v) is 4.69. The lowest BCUT2D eigenvalue weighted by molar-refractivity contribution is -0.718. The van der Waals surface area contributed by atoms with Gasteiger partial charge in [0.1, 0.15) is 18.8 Å². The van der Waals surface area contributed by atoms with Gasteiger partial charge in [0.05, 0.1) is 31.1 Å². The van der Waals surface area contributed by atoms with Crippen molar-refractivity contribution in [2.24, 2.45) is 5.41 Å². The van der Waals surface area contributed by atoms with Crippen molar-refractivity contribution < 1.29 is 29.0 Å². The molecule has 1 aliphatic rings. The highest BCUT2D eigenvalue weighted by molar-refractivity contribution is 5.25. The van der Waals surface area contributed by atoms with Crippen molar-refractivity contribution in [3.8, 4) is 5.88 Å². The molecular formula is C27H42N3O5+. The molecule has 1 aromatic heterocycles. The fourth-order valence-electron chi connectivity index (χ4n) is 4.69. The van der Waals surface area contributed by atoms with E-state index >= 15 is 0 Å². The fraction of sp³-hybridized carbons (Fsp3) is 0.630. The largest absolute Gasteiger partial charge is 0.461 e. The van der Waals surface area contributed by atoms with Crippen molar-refractivity contribution in [2.75, 3.05) is 32.2 Å². The number of aliphatic hydroxyl groups is 2. The molecule has 194 valence electrons. The van der Waals surface area contributed by atoms with E-state index in [2.05, 4.69) is 18.8 Å². The molecule has 3 rings (SSSR count). The maximum absolute atomic E-state index is 11.4. The Hall–Kier alpha value is -2.26. The molecule has 0 radical (unpaired) electrons. The Balaban J connectivity index is 1.81. The van der Waals surface area contributed by atoms with Crippen molar-refractivity contribution in [1.82, 2.24) is 4.98 Å². The molecule has 1 aliphatic carbocycles. The first-order chi connectivity index (χ1) is 17.0. The molecule has 1 fully saturated rings. The number of hydrogen-bond acceptors (Lipinski definition) is 7. The number of rotatable bonds is 14. The van der Waals surface area contributed by atoms with Gasteiger partial charge in [0.15, 0.2) is 0 Å². The van der Waals surface area contributed by atoms with Crippen molar-refractivity contribution >= 4 is 5.95 Å². The van der Waals surface area contributed by atoms with Crippen molar-refractivity contribution in [1.29, 1.82) is 0 Å². The Kier molecular flexibility index (Phi) is 10.3. The number of nitrogens with zero attached hydrogens (tertiary/aromatic N) is 2. The molecule has 1 heterocycles. The summed E-state index contributed by atoms with van der Waals surface area (Å²) in [6.45, 7) is 7.81. The first-order valence-corrected chi connectivity index (χ1v) is 12.8. The van der Waals surface area contributed by atoms with Gasteiger partial charge in [-0.05, 0) is 36.7 Å². The highest BCUT2D eigenvalue weighted by atomic mass is 16.5. The van der Waals surface area contributed by atoms with E-state index in [9.17, 15) is 10.2 Å². The zero-order valence-electron chi connectivity index (χ0n) is 21.4. The van der Waals surface area contributed by atoms with Crippen LogP contribution in [0.4, 0.5) is 5.95 Å². The Bertz CT molecular complexity index is 913. The molecule has 4 atom stereocenters. The SMILES string of the molecule is CCCCOC[C@@]1(CO)C[C@@H]([n+]2cc(C)c(OCc3ccccc3)nc2N)[C@H](O)[C@@H]1OCCCC. The number of benzene rings is 1. The van der Waals surface area contributed by atoms with Crippen LogP contribution in [0.5, 0.6) is 5.88 Å². The monoisotopic (exact) mass is 488 g/mol.